The zero-order chi connectivity index (χ0) is 18.1. The number of benzene rings is 2. The van der Waals surface area contributed by atoms with E-state index in [1.54, 1.807) is 5.01 Å². The number of amidine groups is 1. The minimum absolute atomic E-state index is 0.164. The molecular formula is C19H18N4O2S. The zero-order valence-electron chi connectivity index (χ0n) is 14.5. The molecule has 0 aromatic heterocycles. The van der Waals surface area contributed by atoms with Crippen LogP contribution in [-0.2, 0) is 4.79 Å². The van der Waals surface area contributed by atoms with E-state index in [0.717, 1.165) is 21.9 Å². The first-order valence-corrected chi connectivity index (χ1v) is 9.57. The number of rotatable bonds is 3. The molecule has 0 radical (unpaired) electrons. The van der Waals surface area contributed by atoms with E-state index in [9.17, 15) is 4.79 Å². The number of para-hydroxylation sites is 1. The molecule has 2 aliphatic heterocycles. The average molecular weight is 366 g/mol. The Bertz CT molecular complexity index is 1000. The molecule has 1 unspecified atom stereocenters. The molecule has 0 fully saturated rings. The number of nitrogens with one attached hydrogen (secondary N) is 1. The fraction of sp³-hybridized carbons (Fsp3) is 0.211. The lowest BCUT2D eigenvalue weighted by atomic mass is 10.1. The highest BCUT2D eigenvalue weighted by Crippen LogP contribution is 2.31. The van der Waals surface area contributed by atoms with Gasteiger partial charge in [-0.25, -0.2) is 5.01 Å². The quantitative estimate of drug-likeness (QED) is 0.896. The standard InChI is InChI=1S/C19H18N4O2S/c1-3-25-13-10-8-12(9-11-13)17-20-15-7-5-4-6-14(15)16-18(24)21-19(26-2)22-23(16)17/h4-11,17H,3H2,1-2H3,(H,21,22,24). The van der Waals surface area contributed by atoms with Crippen molar-refractivity contribution in [3.8, 4) is 5.75 Å². The number of fused-ring (bicyclic) bond motifs is 2. The third kappa shape index (κ3) is 2.84. The SMILES string of the molecule is CCOc1ccc(C2N=c3ccccc3=C3C(=O)NC(SC)=NN32)cc1. The number of hydrogen-bond donors (Lipinski definition) is 1. The van der Waals surface area contributed by atoms with Crippen molar-refractivity contribution in [3.05, 3.63) is 64.7 Å². The lowest BCUT2D eigenvalue weighted by Crippen LogP contribution is -2.50. The monoisotopic (exact) mass is 366 g/mol. The molecule has 0 saturated carbocycles. The van der Waals surface area contributed by atoms with E-state index in [4.69, 9.17) is 9.73 Å². The van der Waals surface area contributed by atoms with Gasteiger partial charge in [0.15, 0.2) is 11.3 Å². The van der Waals surface area contributed by atoms with Crippen LogP contribution in [0.1, 0.15) is 18.7 Å². The van der Waals surface area contributed by atoms with Gasteiger partial charge in [0.1, 0.15) is 11.4 Å². The van der Waals surface area contributed by atoms with Crippen molar-refractivity contribution in [2.45, 2.75) is 13.1 Å². The number of thioether (sulfide) groups is 1. The molecule has 0 saturated heterocycles. The fourth-order valence-electron chi connectivity index (χ4n) is 3.04. The molecule has 4 rings (SSSR count). The van der Waals surface area contributed by atoms with E-state index in [1.165, 1.54) is 11.8 Å². The predicted octanol–water partition coefficient (Wildman–Crippen LogP) is 1.59. The summed E-state index contributed by atoms with van der Waals surface area (Å²) in [6, 6.07) is 15.4. The fourth-order valence-corrected chi connectivity index (χ4v) is 3.40. The van der Waals surface area contributed by atoms with Crippen LogP contribution in [0.15, 0.2) is 58.6 Å². The van der Waals surface area contributed by atoms with Crippen molar-refractivity contribution in [1.82, 2.24) is 10.3 Å². The molecule has 132 valence electrons. The molecule has 0 spiro atoms. The Morgan fingerprint density at radius 1 is 1.19 bits per heavy atom. The highest BCUT2D eigenvalue weighted by atomic mass is 32.2. The van der Waals surface area contributed by atoms with Gasteiger partial charge in [-0.1, -0.05) is 42.1 Å². The largest absolute Gasteiger partial charge is 0.494 e. The van der Waals surface area contributed by atoms with Gasteiger partial charge >= 0.3 is 0 Å². The van der Waals surface area contributed by atoms with Crippen LogP contribution in [0.4, 0.5) is 0 Å². The second kappa shape index (κ2) is 6.84. The van der Waals surface area contributed by atoms with Crippen LogP contribution >= 0.6 is 11.8 Å². The number of hydrogen-bond acceptors (Lipinski definition) is 6. The third-order valence-corrected chi connectivity index (χ3v) is 4.77. The van der Waals surface area contributed by atoms with Crippen molar-refractivity contribution in [3.63, 3.8) is 0 Å². The van der Waals surface area contributed by atoms with Gasteiger partial charge in [-0.3, -0.25) is 15.1 Å². The third-order valence-electron chi connectivity index (χ3n) is 4.20. The lowest BCUT2D eigenvalue weighted by Gasteiger charge is -2.33. The molecule has 1 amide bonds. The molecule has 0 aliphatic carbocycles. The Morgan fingerprint density at radius 2 is 1.96 bits per heavy atom. The Hall–Kier alpha value is -2.80. The number of ether oxygens (including phenoxy) is 1. The highest BCUT2D eigenvalue weighted by molar-refractivity contribution is 8.13. The maximum Gasteiger partial charge on any atom is 0.276 e. The van der Waals surface area contributed by atoms with Gasteiger partial charge in [0.2, 0.25) is 0 Å². The summed E-state index contributed by atoms with van der Waals surface area (Å²) < 4.78 is 5.52. The number of hydrazone groups is 1. The van der Waals surface area contributed by atoms with Crippen molar-refractivity contribution in [2.24, 2.45) is 10.1 Å². The molecule has 26 heavy (non-hydrogen) atoms. The molecule has 0 bridgehead atoms. The topological polar surface area (TPSA) is 66.3 Å². The molecule has 2 aromatic carbocycles. The summed E-state index contributed by atoms with van der Waals surface area (Å²) in [7, 11) is 0. The summed E-state index contributed by atoms with van der Waals surface area (Å²) in [4.78, 5) is 17.6. The number of amides is 1. The maximum absolute atomic E-state index is 12.7. The van der Waals surface area contributed by atoms with Crippen LogP contribution in [0.3, 0.4) is 0 Å². The lowest BCUT2D eigenvalue weighted by molar-refractivity contribution is -0.116. The smallest absolute Gasteiger partial charge is 0.276 e. The van der Waals surface area contributed by atoms with Crippen LogP contribution in [0.2, 0.25) is 0 Å². The highest BCUT2D eigenvalue weighted by Gasteiger charge is 2.34. The van der Waals surface area contributed by atoms with E-state index in [2.05, 4.69) is 10.4 Å². The minimum atomic E-state index is -0.399. The van der Waals surface area contributed by atoms with Crippen molar-refractivity contribution < 1.29 is 9.53 Å². The van der Waals surface area contributed by atoms with E-state index in [-0.39, 0.29) is 5.91 Å². The van der Waals surface area contributed by atoms with Gasteiger partial charge in [0.05, 0.1) is 12.0 Å². The summed E-state index contributed by atoms with van der Waals surface area (Å²) in [5, 5.41) is 11.3. The second-order valence-electron chi connectivity index (χ2n) is 5.78. The van der Waals surface area contributed by atoms with Crippen molar-refractivity contribution in [1.29, 1.82) is 0 Å². The van der Waals surface area contributed by atoms with Crippen LogP contribution in [0.25, 0.3) is 5.70 Å². The summed E-state index contributed by atoms with van der Waals surface area (Å²) >= 11 is 1.39. The van der Waals surface area contributed by atoms with Crippen molar-refractivity contribution >= 4 is 28.5 Å². The normalized spacial score (nSPS) is 18.3. The minimum Gasteiger partial charge on any atom is -0.494 e. The van der Waals surface area contributed by atoms with Gasteiger partial charge in [-0.05, 0) is 36.9 Å². The predicted molar refractivity (Wildman–Crippen MR) is 102 cm³/mol. The van der Waals surface area contributed by atoms with Gasteiger partial charge in [0, 0.05) is 5.22 Å². The molecule has 7 heteroatoms. The van der Waals surface area contributed by atoms with E-state index < -0.39 is 6.17 Å². The van der Waals surface area contributed by atoms with Crippen molar-refractivity contribution in [2.75, 3.05) is 12.9 Å². The molecular weight excluding hydrogens is 348 g/mol. The van der Waals surface area contributed by atoms with Crippen LogP contribution < -0.4 is 20.6 Å². The van der Waals surface area contributed by atoms with E-state index in [1.807, 2.05) is 61.7 Å². The molecule has 1 N–H and O–H groups in total. The van der Waals surface area contributed by atoms with Gasteiger partial charge < -0.3 is 4.74 Å². The van der Waals surface area contributed by atoms with E-state index >= 15 is 0 Å². The molecule has 1 atom stereocenters. The van der Waals surface area contributed by atoms with Crippen LogP contribution in [-0.4, -0.2) is 28.9 Å². The van der Waals surface area contributed by atoms with Crippen LogP contribution in [0, 0.1) is 0 Å². The molecule has 2 aliphatic rings. The second-order valence-corrected chi connectivity index (χ2v) is 6.57. The number of carbonyl (C=O) groups excluding carboxylic acids is 1. The first-order valence-electron chi connectivity index (χ1n) is 8.34. The van der Waals surface area contributed by atoms with Crippen LogP contribution in [0.5, 0.6) is 5.75 Å². The maximum atomic E-state index is 12.7. The first-order chi connectivity index (χ1) is 12.7. The summed E-state index contributed by atoms with van der Waals surface area (Å²) in [5.41, 5.74) is 1.46. The summed E-state index contributed by atoms with van der Waals surface area (Å²) in [5.74, 6) is 0.643. The van der Waals surface area contributed by atoms with Gasteiger partial charge in [-0.15, -0.1) is 5.10 Å². The Morgan fingerprint density at radius 3 is 2.69 bits per heavy atom. The molecule has 6 nitrogen and oxygen atoms in total. The van der Waals surface area contributed by atoms with Gasteiger partial charge in [0.25, 0.3) is 5.91 Å². The Labute approximate surface area is 155 Å². The first kappa shape index (κ1) is 16.7. The zero-order valence-corrected chi connectivity index (χ0v) is 15.3. The number of carbonyl (C=O) groups is 1. The van der Waals surface area contributed by atoms with Gasteiger partial charge in [-0.2, -0.15) is 0 Å². The Balaban J connectivity index is 1.87. The van der Waals surface area contributed by atoms with E-state index in [0.29, 0.717) is 17.5 Å². The Kier molecular flexibility index (Phi) is 4.38. The molecule has 2 heterocycles. The summed E-state index contributed by atoms with van der Waals surface area (Å²) in [6.07, 6.45) is 1.48. The average Bonchev–Trinajstić information content (AvgIpc) is 2.68. The molecule has 2 aromatic rings. The summed E-state index contributed by atoms with van der Waals surface area (Å²) in [6.45, 7) is 2.57. The number of nitrogens with zero attached hydrogens (tertiary/aromatic N) is 3.